The molecule has 3 aromatic heterocycles. The van der Waals surface area contributed by atoms with Crippen molar-refractivity contribution in [2.45, 2.75) is 59.3 Å². The van der Waals surface area contributed by atoms with Crippen LogP contribution in [0.2, 0.25) is 0 Å². The van der Waals surface area contributed by atoms with Crippen molar-refractivity contribution in [2.75, 3.05) is 13.7 Å². The summed E-state index contributed by atoms with van der Waals surface area (Å²) in [5, 5.41) is 0. The summed E-state index contributed by atoms with van der Waals surface area (Å²) >= 11 is 4.80. The van der Waals surface area contributed by atoms with Gasteiger partial charge in [0, 0.05) is 36.2 Å². The van der Waals surface area contributed by atoms with Crippen molar-refractivity contribution in [3.05, 3.63) is 75.5 Å². The lowest BCUT2D eigenvalue weighted by atomic mass is 10.1. The number of benzene rings is 2. The molecule has 4 nitrogen and oxygen atoms in total. The fourth-order valence-electron chi connectivity index (χ4n) is 4.98. The van der Waals surface area contributed by atoms with Crippen molar-refractivity contribution in [1.82, 2.24) is 8.75 Å². The molecule has 0 atom stereocenters. The van der Waals surface area contributed by atoms with Crippen LogP contribution in [0.3, 0.4) is 0 Å². The van der Waals surface area contributed by atoms with E-state index in [0.29, 0.717) is 0 Å². The first-order valence-corrected chi connectivity index (χ1v) is 17.1. The number of fused-ring (bicyclic) bond motifs is 1. The highest BCUT2D eigenvalue weighted by Crippen LogP contribution is 2.40. The minimum absolute atomic E-state index is 0.749. The van der Waals surface area contributed by atoms with E-state index in [1.165, 1.54) is 58.5 Å². The number of methoxy groups -OCH3 is 1. The smallest absolute Gasteiger partial charge is 0.126 e. The standard InChI is InChI=1S/C35H38N2O2S3/c1-5-7-8-9-10-11-21-39-30-23-25(31(38-4)22-24(30)3)13-14-27-16-20-33(41-27)29-18-17-28(34-35(29)37-42-36-34)32-19-15-26(40-32)12-6-2/h6,12-20,22-23H,5,7-11,21H2,1-4H3/b12-6+,14-13+. The van der Waals surface area contributed by atoms with Gasteiger partial charge in [0.2, 0.25) is 0 Å². The van der Waals surface area contributed by atoms with Crippen LogP contribution in [0.25, 0.3) is 50.1 Å². The van der Waals surface area contributed by atoms with E-state index in [1.54, 1.807) is 29.8 Å². The summed E-state index contributed by atoms with van der Waals surface area (Å²) in [6.07, 6.45) is 16.0. The number of ether oxygens (including phenoxy) is 2. The molecule has 0 N–H and O–H groups in total. The van der Waals surface area contributed by atoms with Crippen molar-refractivity contribution in [2.24, 2.45) is 0 Å². The molecule has 0 radical (unpaired) electrons. The minimum atomic E-state index is 0.749. The maximum absolute atomic E-state index is 6.18. The van der Waals surface area contributed by atoms with Gasteiger partial charge in [-0.3, -0.25) is 0 Å². The number of aryl methyl sites for hydroxylation is 1. The van der Waals surface area contributed by atoms with Gasteiger partial charge in [0.25, 0.3) is 0 Å². The highest BCUT2D eigenvalue weighted by Gasteiger charge is 2.16. The Morgan fingerprint density at radius 3 is 2.02 bits per heavy atom. The molecule has 0 unspecified atom stereocenters. The third kappa shape index (κ3) is 7.20. The van der Waals surface area contributed by atoms with Crippen LogP contribution in [0.5, 0.6) is 11.5 Å². The van der Waals surface area contributed by atoms with Crippen LogP contribution in [0.15, 0.2) is 54.6 Å². The number of unbranched alkanes of at least 4 members (excludes halogenated alkanes) is 5. The molecule has 0 aliphatic carbocycles. The normalized spacial score (nSPS) is 11.8. The van der Waals surface area contributed by atoms with Gasteiger partial charge in [0.05, 0.1) is 25.4 Å². The average molecular weight is 615 g/mol. The van der Waals surface area contributed by atoms with Gasteiger partial charge >= 0.3 is 0 Å². The summed E-state index contributed by atoms with van der Waals surface area (Å²) in [7, 11) is 1.72. The van der Waals surface area contributed by atoms with Gasteiger partial charge in [-0.1, -0.05) is 57.2 Å². The maximum atomic E-state index is 6.18. The van der Waals surface area contributed by atoms with E-state index in [2.05, 4.69) is 91.1 Å². The molecular weight excluding hydrogens is 577 g/mol. The van der Waals surface area contributed by atoms with Crippen LogP contribution >= 0.6 is 34.4 Å². The van der Waals surface area contributed by atoms with Gasteiger partial charge in [-0.15, -0.1) is 22.7 Å². The number of hydrogen-bond donors (Lipinski definition) is 0. The molecule has 0 aliphatic heterocycles. The molecule has 42 heavy (non-hydrogen) atoms. The zero-order chi connectivity index (χ0) is 29.3. The fourth-order valence-corrected chi connectivity index (χ4v) is 7.49. The van der Waals surface area contributed by atoms with Crippen LogP contribution in [-0.4, -0.2) is 22.5 Å². The Morgan fingerprint density at radius 2 is 1.38 bits per heavy atom. The van der Waals surface area contributed by atoms with E-state index >= 15 is 0 Å². The molecule has 5 rings (SSSR count). The van der Waals surface area contributed by atoms with Crippen molar-refractivity contribution in [1.29, 1.82) is 0 Å². The van der Waals surface area contributed by atoms with Gasteiger partial charge in [0.1, 0.15) is 22.5 Å². The molecule has 0 bridgehead atoms. The quantitative estimate of drug-likeness (QED) is 0.117. The number of thiophene rings is 2. The molecule has 2 aromatic carbocycles. The minimum Gasteiger partial charge on any atom is -0.496 e. The number of hydrogen-bond acceptors (Lipinski definition) is 7. The summed E-state index contributed by atoms with van der Waals surface area (Å²) in [6, 6.07) is 17.2. The van der Waals surface area contributed by atoms with E-state index in [9.17, 15) is 0 Å². The largest absolute Gasteiger partial charge is 0.496 e. The van der Waals surface area contributed by atoms with E-state index < -0.39 is 0 Å². The third-order valence-electron chi connectivity index (χ3n) is 7.24. The zero-order valence-electron chi connectivity index (χ0n) is 24.8. The van der Waals surface area contributed by atoms with Crippen LogP contribution in [0, 0.1) is 6.92 Å². The van der Waals surface area contributed by atoms with E-state index in [-0.39, 0.29) is 0 Å². The van der Waals surface area contributed by atoms with Crippen LogP contribution in [0.4, 0.5) is 0 Å². The summed E-state index contributed by atoms with van der Waals surface area (Å²) in [4.78, 5) is 4.80. The molecule has 0 amide bonds. The predicted octanol–water partition coefficient (Wildman–Crippen LogP) is 11.4. The van der Waals surface area contributed by atoms with E-state index in [4.69, 9.17) is 13.8 Å². The molecule has 0 spiro atoms. The molecule has 5 aromatic rings. The number of allylic oxidation sites excluding steroid dienone is 1. The second kappa shape index (κ2) is 14.8. The topological polar surface area (TPSA) is 44.2 Å². The molecule has 0 aliphatic rings. The first-order chi connectivity index (χ1) is 20.6. The second-order valence-corrected chi connectivity index (χ2v) is 13.1. The van der Waals surface area contributed by atoms with Crippen molar-refractivity contribution in [3.63, 3.8) is 0 Å². The van der Waals surface area contributed by atoms with Gasteiger partial charge in [-0.05, 0) is 80.5 Å². The van der Waals surface area contributed by atoms with Crippen LogP contribution in [0.1, 0.15) is 73.3 Å². The summed E-state index contributed by atoms with van der Waals surface area (Å²) < 4.78 is 21.3. The van der Waals surface area contributed by atoms with Gasteiger partial charge < -0.3 is 9.47 Å². The lowest BCUT2D eigenvalue weighted by Crippen LogP contribution is -2.00. The molecule has 3 heterocycles. The highest BCUT2D eigenvalue weighted by molar-refractivity contribution is 7.17. The fraction of sp³-hybridized carbons (Fsp3) is 0.314. The summed E-state index contributed by atoms with van der Waals surface area (Å²) in [5.74, 6) is 1.78. The second-order valence-electron chi connectivity index (χ2n) is 10.3. The lowest BCUT2D eigenvalue weighted by molar-refractivity contribution is 0.301. The average Bonchev–Trinajstić information content (AvgIpc) is 3.78. The predicted molar refractivity (Wildman–Crippen MR) is 184 cm³/mol. The van der Waals surface area contributed by atoms with E-state index in [1.807, 2.05) is 6.92 Å². The van der Waals surface area contributed by atoms with Crippen molar-refractivity contribution < 1.29 is 9.47 Å². The Hall–Kier alpha value is -3.26. The summed E-state index contributed by atoms with van der Waals surface area (Å²) in [5.41, 5.74) is 6.30. The van der Waals surface area contributed by atoms with Crippen LogP contribution < -0.4 is 9.47 Å². The lowest BCUT2D eigenvalue weighted by Gasteiger charge is -2.13. The Balaban J connectivity index is 1.32. The van der Waals surface area contributed by atoms with Crippen LogP contribution in [-0.2, 0) is 0 Å². The zero-order valence-corrected chi connectivity index (χ0v) is 27.3. The Morgan fingerprint density at radius 1 is 0.738 bits per heavy atom. The van der Waals surface area contributed by atoms with E-state index in [0.717, 1.165) is 62.7 Å². The number of rotatable bonds is 14. The van der Waals surface area contributed by atoms with Gasteiger partial charge in [-0.2, -0.15) is 8.75 Å². The molecule has 0 saturated heterocycles. The van der Waals surface area contributed by atoms with Gasteiger partial charge in [-0.25, -0.2) is 0 Å². The number of aromatic nitrogens is 2. The molecule has 0 saturated carbocycles. The first kappa shape index (κ1) is 30.2. The Labute approximate surface area is 261 Å². The number of nitrogens with zero attached hydrogens (tertiary/aromatic N) is 2. The van der Waals surface area contributed by atoms with Gasteiger partial charge in [0.15, 0.2) is 0 Å². The highest BCUT2D eigenvalue weighted by atomic mass is 32.1. The first-order valence-electron chi connectivity index (χ1n) is 14.7. The monoisotopic (exact) mass is 614 g/mol. The molecular formula is C35H38N2O2S3. The third-order valence-corrected chi connectivity index (χ3v) is 9.94. The maximum Gasteiger partial charge on any atom is 0.126 e. The Kier molecular flexibility index (Phi) is 10.6. The molecule has 7 heteroatoms. The van der Waals surface area contributed by atoms with Crippen molar-refractivity contribution >= 4 is 63.7 Å². The molecule has 218 valence electrons. The SMILES string of the molecule is C/C=C/c1ccc(-c2ccc(-c3ccc(/C=C/c4cc(OCCCCCCCC)c(C)cc4OC)s3)c3nsnc23)s1. The Bertz CT molecular complexity index is 1670. The molecule has 0 fully saturated rings. The van der Waals surface area contributed by atoms with Crippen molar-refractivity contribution in [3.8, 4) is 32.4 Å². The summed E-state index contributed by atoms with van der Waals surface area (Å²) in [6.45, 7) is 7.13.